The van der Waals surface area contributed by atoms with E-state index in [-0.39, 0.29) is 16.9 Å². The molecule has 3 rings (SSSR count). The lowest BCUT2D eigenvalue weighted by atomic mass is 10.1. The Morgan fingerprint density at radius 2 is 1.79 bits per heavy atom. The summed E-state index contributed by atoms with van der Waals surface area (Å²) in [6.07, 6.45) is 7.57. The summed E-state index contributed by atoms with van der Waals surface area (Å²) in [6, 6.07) is 11.1. The number of carbonyl (C=O) groups excluding carboxylic acids is 2. The van der Waals surface area contributed by atoms with Crippen LogP contribution < -0.4 is 10.6 Å². The lowest BCUT2D eigenvalue weighted by Gasteiger charge is -2.22. The van der Waals surface area contributed by atoms with Gasteiger partial charge in [-0.3, -0.25) is 14.9 Å². The molecule has 1 aromatic carbocycles. The number of likely N-dealkylation sites (tertiary alicyclic amines) is 1. The fraction of sp³-hybridized carbons (Fsp3) is 0.286. The molecule has 0 radical (unpaired) electrons. The van der Waals surface area contributed by atoms with Crippen molar-refractivity contribution in [3.8, 4) is 0 Å². The van der Waals surface area contributed by atoms with Crippen molar-refractivity contribution in [2.45, 2.75) is 25.7 Å². The predicted molar refractivity (Wildman–Crippen MR) is 119 cm³/mol. The van der Waals surface area contributed by atoms with Crippen molar-refractivity contribution in [1.29, 1.82) is 0 Å². The quantitative estimate of drug-likeness (QED) is 0.580. The van der Waals surface area contributed by atoms with Gasteiger partial charge in [-0.2, -0.15) is 0 Å². The van der Waals surface area contributed by atoms with Crippen molar-refractivity contribution < 1.29 is 9.59 Å². The second kappa shape index (κ2) is 10.1. The summed E-state index contributed by atoms with van der Waals surface area (Å²) in [5.74, 6) is -0.320. The summed E-state index contributed by atoms with van der Waals surface area (Å²) in [5, 5.41) is 7.72. The van der Waals surface area contributed by atoms with Crippen LogP contribution in [0.3, 0.4) is 0 Å². The molecule has 1 aliphatic rings. The van der Waals surface area contributed by atoms with Crippen LogP contribution in [0.1, 0.15) is 40.9 Å². The Bertz CT molecular complexity index is 854. The largest absolute Gasteiger partial charge is 0.339 e. The van der Waals surface area contributed by atoms with Gasteiger partial charge in [0.1, 0.15) is 0 Å². The van der Waals surface area contributed by atoms with E-state index in [2.05, 4.69) is 10.6 Å². The smallest absolute Gasteiger partial charge is 0.255 e. The van der Waals surface area contributed by atoms with E-state index < -0.39 is 0 Å². The lowest BCUT2D eigenvalue weighted by molar-refractivity contribution is -0.115. The van der Waals surface area contributed by atoms with Gasteiger partial charge in [0, 0.05) is 24.0 Å². The van der Waals surface area contributed by atoms with Crippen molar-refractivity contribution in [3.05, 3.63) is 58.3 Å². The van der Waals surface area contributed by atoms with Gasteiger partial charge in [-0.05, 0) is 54.7 Å². The summed E-state index contributed by atoms with van der Waals surface area (Å²) in [7, 11) is 0. The van der Waals surface area contributed by atoms with Gasteiger partial charge in [-0.15, -0.1) is 11.3 Å². The molecule has 1 saturated heterocycles. The number of carbonyl (C=O) groups is 2. The first-order valence-corrected chi connectivity index (χ1v) is 10.6. The molecule has 0 unspecified atom stereocenters. The predicted octanol–water partition coefficient (Wildman–Crippen LogP) is 4.29. The standard InChI is InChI=1S/C21H23N3O2S2/c25-19(12-11-16-8-7-15-28-16)23-21(27)22-18-10-4-3-9-17(18)20(26)24-13-5-1-2-6-14-24/h3-4,7-12,15H,1-2,5-6,13-14H2,(H2,22,23,25,27). The average molecular weight is 414 g/mol. The molecule has 146 valence electrons. The first-order chi connectivity index (χ1) is 13.6. The van der Waals surface area contributed by atoms with Gasteiger partial charge in [0.15, 0.2) is 5.11 Å². The van der Waals surface area contributed by atoms with Crippen LogP contribution in [0.15, 0.2) is 47.9 Å². The number of anilines is 1. The number of benzene rings is 1. The monoisotopic (exact) mass is 413 g/mol. The van der Waals surface area contributed by atoms with Gasteiger partial charge >= 0.3 is 0 Å². The molecular weight excluding hydrogens is 390 g/mol. The molecule has 5 nitrogen and oxygen atoms in total. The number of thiophene rings is 1. The summed E-state index contributed by atoms with van der Waals surface area (Å²) < 4.78 is 0. The van der Waals surface area contributed by atoms with Crippen LogP contribution in [0.2, 0.25) is 0 Å². The van der Waals surface area contributed by atoms with E-state index in [1.54, 1.807) is 29.5 Å². The third-order valence-electron chi connectivity index (χ3n) is 4.48. The van der Waals surface area contributed by atoms with Crippen molar-refractivity contribution >= 4 is 52.2 Å². The Kier molecular flexibility index (Phi) is 7.33. The molecule has 2 N–H and O–H groups in total. The molecule has 7 heteroatoms. The second-order valence-electron chi connectivity index (χ2n) is 6.54. The first kappa shape index (κ1) is 20.2. The Labute approximate surface area is 174 Å². The summed E-state index contributed by atoms with van der Waals surface area (Å²) in [6.45, 7) is 1.56. The van der Waals surface area contributed by atoms with Crippen LogP contribution in [-0.2, 0) is 4.79 Å². The first-order valence-electron chi connectivity index (χ1n) is 9.35. The van der Waals surface area contributed by atoms with E-state index in [0.717, 1.165) is 30.8 Å². The molecule has 1 fully saturated rings. The zero-order chi connectivity index (χ0) is 19.8. The lowest BCUT2D eigenvalue weighted by Crippen LogP contribution is -2.35. The minimum Gasteiger partial charge on any atom is -0.339 e. The van der Waals surface area contributed by atoms with Gasteiger partial charge in [0.05, 0.1) is 11.3 Å². The number of nitrogens with zero attached hydrogens (tertiary/aromatic N) is 1. The van der Waals surface area contributed by atoms with Gasteiger partial charge in [0.25, 0.3) is 5.91 Å². The molecule has 2 heterocycles. The number of rotatable bonds is 4. The van der Waals surface area contributed by atoms with E-state index in [0.29, 0.717) is 11.3 Å². The van der Waals surface area contributed by atoms with Crippen LogP contribution in [0, 0.1) is 0 Å². The summed E-state index contributed by atoms with van der Waals surface area (Å²) in [4.78, 5) is 27.9. The fourth-order valence-electron chi connectivity index (χ4n) is 3.07. The average Bonchev–Trinajstić information content (AvgIpc) is 3.06. The maximum atomic E-state index is 13.0. The fourth-order valence-corrected chi connectivity index (χ4v) is 3.90. The third kappa shape index (κ3) is 5.74. The molecule has 1 aliphatic heterocycles. The highest BCUT2D eigenvalue weighted by molar-refractivity contribution is 7.80. The number of hydrogen-bond donors (Lipinski definition) is 2. The SMILES string of the molecule is O=C(C=Cc1cccs1)NC(=S)Nc1ccccc1C(=O)N1CCCCCC1. The topological polar surface area (TPSA) is 61.4 Å². The van der Waals surface area contributed by atoms with Crippen LogP contribution in [0.25, 0.3) is 6.08 Å². The Morgan fingerprint density at radius 3 is 2.50 bits per heavy atom. The maximum Gasteiger partial charge on any atom is 0.255 e. The van der Waals surface area contributed by atoms with Crippen LogP contribution >= 0.6 is 23.6 Å². The molecular formula is C21H23N3O2S2. The highest BCUT2D eigenvalue weighted by Crippen LogP contribution is 2.20. The minimum atomic E-state index is -0.317. The van der Waals surface area contributed by atoms with E-state index in [1.807, 2.05) is 34.5 Å². The number of amides is 2. The Morgan fingerprint density at radius 1 is 1.04 bits per heavy atom. The number of thiocarbonyl (C=S) groups is 1. The highest BCUT2D eigenvalue weighted by Gasteiger charge is 2.20. The van der Waals surface area contributed by atoms with Gasteiger partial charge in [-0.1, -0.05) is 31.0 Å². The molecule has 0 spiro atoms. The molecule has 0 aliphatic carbocycles. The molecule has 0 saturated carbocycles. The molecule has 1 aromatic heterocycles. The van der Waals surface area contributed by atoms with Gasteiger partial charge in [-0.25, -0.2) is 0 Å². The Hall–Kier alpha value is -2.51. The van der Waals surface area contributed by atoms with Crippen molar-refractivity contribution in [3.63, 3.8) is 0 Å². The molecule has 0 bridgehead atoms. The van der Waals surface area contributed by atoms with Gasteiger partial charge in [0.2, 0.25) is 5.91 Å². The third-order valence-corrected chi connectivity index (χ3v) is 5.52. The number of nitrogens with one attached hydrogen (secondary N) is 2. The Balaban J connectivity index is 1.63. The minimum absolute atomic E-state index is 0.00304. The zero-order valence-corrected chi connectivity index (χ0v) is 17.2. The van der Waals surface area contributed by atoms with Crippen molar-refractivity contribution in [2.75, 3.05) is 18.4 Å². The van der Waals surface area contributed by atoms with Gasteiger partial charge < -0.3 is 10.2 Å². The summed E-state index contributed by atoms with van der Waals surface area (Å²) in [5.41, 5.74) is 1.17. The highest BCUT2D eigenvalue weighted by atomic mass is 32.1. The van der Waals surface area contributed by atoms with Crippen molar-refractivity contribution in [1.82, 2.24) is 10.2 Å². The molecule has 28 heavy (non-hydrogen) atoms. The molecule has 2 aromatic rings. The van der Waals surface area contributed by atoms with Crippen LogP contribution in [0.4, 0.5) is 5.69 Å². The normalized spacial score (nSPS) is 14.5. The van der Waals surface area contributed by atoms with E-state index in [1.165, 1.54) is 18.9 Å². The van der Waals surface area contributed by atoms with Crippen molar-refractivity contribution in [2.24, 2.45) is 0 Å². The zero-order valence-electron chi connectivity index (χ0n) is 15.5. The van der Waals surface area contributed by atoms with Crippen LogP contribution in [0.5, 0.6) is 0 Å². The number of para-hydroxylation sites is 1. The summed E-state index contributed by atoms with van der Waals surface area (Å²) >= 11 is 6.80. The molecule has 2 amide bonds. The van der Waals surface area contributed by atoms with Crippen LogP contribution in [-0.4, -0.2) is 34.9 Å². The second-order valence-corrected chi connectivity index (χ2v) is 7.93. The molecule has 0 atom stereocenters. The van der Waals surface area contributed by atoms with E-state index >= 15 is 0 Å². The number of hydrogen-bond acceptors (Lipinski definition) is 4. The van der Waals surface area contributed by atoms with E-state index in [4.69, 9.17) is 12.2 Å². The maximum absolute atomic E-state index is 13.0. The van der Waals surface area contributed by atoms with E-state index in [9.17, 15) is 9.59 Å².